The number of halogens is 17. The molecule has 220 valence electrons. The van der Waals surface area contributed by atoms with Gasteiger partial charge in [-0.05, 0) is 12.8 Å². The highest BCUT2D eigenvalue weighted by atomic mass is 19.4. The Morgan fingerprint density at radius 1 is 0.622 bits per heavy atom. The van der Waals surface area contributed by atoms with Crippen molar-refractivity contribution in [1.29, 1.82) is 0 Å². The molecule has 0 N–H and O–H groups in total. The van der Waals surface area contributed by atoms with Crippen LogP contribution in [0.25, 0.3) is 0 Å². The molecule has 37 heavy (non-hydrogen) atoms. The number of hydrogen-bond donors (Lipinski definition) is 0. The third-order valence-electron chi connectivity index (χ3n) is 5.08. The van der Waals surface area contributed by atoms with Gasteiger partial charge in [-0.2, -0.15) is 74.6 Å². The minimum atomic E-state index is -8.01. The van der Waals surface area contributed by atoms with Crippen LogP contribution >= 0.6 is 0 Å². The summed E-state index contributed by atoms with van der Waals surface area (Å²) >= 11 is 0. The van der Waals surface area contributed by atoms with Gasteiger partial charge in [0.25, 0.3) is 5.91 Å². The summed E-state index contributed by atoms with van der Waals surface area (Å²) in [6.07, 6.45) is -37.9. The molecule has 1 aliphatic rings. The van der Waals surface area contributed by atoms with Crippen molar-refractivity contribution in [3.8, 4) is 0 Å². The second kappa shape index (κ2) is 9.74. The van der Waals surface area contributed by atoms with E-state index in [9.17, 15) is 79.4 Å². The monoisotopic (exact) mass is 591 g/mol. The topological polar surface area (TPSA) is 38.8 Å². The maximum Gasteiger partial charge on any atom is 0.462 e. The van der Waals surface area contributed by atoms with E-state index in [4.69, 9.17) is 0 Å². The molecule has 0 aliphatic heterocycles. The van der Waals surface area contributed by atoms with E-state index in [1.165, 1.54) is 4.74 Å². The molecule has 0 aromatic heterocycles. The molecule has 1 rings (SSSR count). The van der Waals surface area contributed by atoms with Crippen LogP contribution in [0.2, 0.25) is 0 Å². The number of ether oxygens (including phenoxy) is 2. The highest BCUT2D eigenvalue weighted by Crippen LogP contribution is 2.56. The normalized spacial score (nSPS) is 20.8. The minimum absolute atomic E-state index is 0.183. The first-order valence-corrected chi connectivity index (χ1v) is 9.48. The predicted molar refractivity (Wildman–Crippen MR) is 82.5 cm³/mol. The highest BCUT2D eigenvalue weighted by Gasteiger charge is 2.85. The molecule has 4 nitrogen and oxygen atoms in total. The fraction of sp³-hybridized carbons (Fsp3) is 0.938. The molecule has 0 radical (unpaired) electrons. The summed E-state index contributed by atoms with van der Waals surface area (Å²) in [4.78, 5) is 11.8. The summed E-state index contributed by atoms with van der Waals surface area (Å²) in [5.74, 6) is -25.8. The zero-order chi connectivity index (χ0) is 29.7. The van der Waals surface area contributed by atoms with E-state index < -0.39 is 60.3 Å². The fourth-order valence-electron chi connectivity index (χ4n) is 3.01. The zero-order valence-corrected chi connectivity index (χ0v) is 17.7. The summed E-state index contributed by atoms with van der Waals surface area (Å²) in [5.41, 5.74) is 0. The molecule has 21 heteroatoms. The van der Waals surface area contributed by atoms with Gasteiger partial charge in [0, 0.05) is 13.1 Å². The number of rotatable bonds is 8. The maximum atomic E-state index is 14.6. The molecule has 0 aromatic carbocycles. The van der Waals surface area contributed by atoms with Gasteiger partial charge in [0.05, 0.1) is 0 Å². The Hall–Kier alpha value is -1.80. The average molecular weight is 591 g/mol. The summed E-state index contributed by atoms with van der Waals surface area (Å²) in [7, 11) is 0.334. The van der Waals surface area contributed by atoms with Gasteiger partial charge >= 0.3 is 48.4 Å². The Morgan fingerprint density at radius 3 is 1.41 bits per heavy atom. The first-order valence-electron chi connectivity index (χ1n) is 9.48. The Morgan fingerprint density at radius 2 is 1.05 bits per heavy atom. The summed E-state index contributed by atoms with van der Waals surface area (Å²) in [6, 6.07) is -1.36. The van der Waals surface area contributed by atoms with Crippen LogP contribution in [0.15, 0.2) is 0 Å². The molecule has 0 aromatic rings. The van der Waals surface area contributed by atoms with Gasteiger partial charge in [0.15, 0.2) is 0 Å². The van der Waals surface area contributed by atoms with Gasteiger partial charge in [-0.15, -0.1) is 0 Å². The van der Waals surface area contributed by atoms with Crippen molar-refractivity contribution in [2.75, 3.05) is 7.05 Å². The molecule has 0 unspecified atom stereocenters. The Labute approximate surface area is 194 Å². The molecular formula is C16H14F17NO3. The Kier molecular flexibility index (Phi) is 8.75. The largest absolute Gasteiger partial charge is 0.462 e. The number of carbonyl (C=O) groups is 1. The van der Waals surface area contributed by atoms with Gasteiger partial charge in [0.2, 0.25) is 0 Å². The fourth-order valence-corrected chi connectivity index (χ4v) is 3.01. The van der Waals surface area contributed by atoms with Crippen LogP contribution in [0, 0.1) is 0 Å². The van der Waals surface area contributed by atoms with E-state index in [0.717, 1.165) is 0 Å². The molecule has 0 bridgehead atoms. The second-order valence-corrected chi connectivity index (χ2v) is 7.70. The number of amides is 1. The van der Waals surface area contributed by atoms with E-state index in [1.54, 1.807) is 0 Å². The number of hydrogen-bond acceptors (Lipinski definition) is 3. The van der Waals surface area contributed by atoms with E-state index in [1.807, 2.05) is 0 Å². The van der Waals surface area contributed by atoms with Crippen LogP contribution in [-0.4, -0.2) is 72.3 Å². The minimum Gasteiger partial charge on any atom is -0.337 e. The van der Waals surface area contributed by atoms with Crippen LogP contribution in [-0.2, 0) is 14.3 Å². The van der Waals surface area contributed by atoms with Crippen molar-refractivity contribution in [2.24, 2.45) is 0 Å². The number of alkyl halides is 17. The zero-order valence-electron chi connectivity index (χ0n) is 17.7. The lowest BCUT2D eigenvalue weighted by atomic mass is 9.94. The molecular weight excluding hydrogens is 577 g/mol. The molecule has 1 saturated carbocycles. The molecule has 0 heterocycles. The van der Waals surface area contributed by atoms with E-state index in [-0.39, 0.29) is 30.6 Å². The van der Waals surface area contributed by atoms with Crippen LogP contribution in [0.1, 0.15) is 32.1 Å². The van der Waals surface area contributed by atoms with Crippen LogP contribution in [0.5, 0.6) is 0 Å². The van der Waals surface area contributed by atoms with Crippen LogP contribution < -0.4 is 0 Å². The van der Waals surface area contributed by atoms with Crippen molar-refractivity contribution < 1.29 is 88.9 Å². The van der Waals surface area contributed by atoms with Crippen molar-refractivity contribution in [2.45, 2.75) is 86.5 Å². The van der Waals surface area contributed by atoms with Crippen molar-refractivity contribution in [3.63, 3.8) is 0 Å². The second-order valence-electron chi connectivity index (χ2n) is 7.70. The Bertz CT molecular complexity index is 817. The quantitative estimate of drug-likeness (QED) is 0.297. The van der Waals surface area contributed by atoms with E-state index >= 15 is 0 Å². The lowest BCUT2D eigenvalue weighted by Gasteiger charge is -2.41. The van der Waals surface area contributed by atoms with Crippen molar-refractivity contribution in [3.05, 3.63) is 0 Å². The summed E-state index contributed by atoms with van der Waals surface area (Å²) < 4.78 is 227. The molecule has 1 amide bonds. The average Bonchev–Trinajstić information content (AvgIpc) is 2.69. The van der Waals surface area contributed by atoms with Gasteiger partial charge in [-0.1, -0.05) is 19.3 Å². The smallest absolute Gasteiger partial charge is 0.337 e. The Balaban J connectivity index is 3.60. The molecule has 1 aliphatic carbocycles. The van der Waals surface area contributed by atoms with Gasteiger partial charge in [0.1, 0.15) is 0 Å². The highest BCUT2D eigenvalue weighted by molar-refractivity contribution is 5.84. The summed E-state index contributed by atoms with van der Waals surface area (Å²) in [5, 5.41) is 0. The molecule has 1 fully saturated rings. The number of nitrogens with zero attached hydrogens (tertiary/aromatic N) is 1. The standard InChI is InChI=1S/C16H14F17NO3/c1-34(7-5-3-2-4-6-7)8(35)9(17,12(21,22)23)36-16(32,33)11(20,14(27,28)29)37-15(30,31)10(18,19)13(24,25)26/h7H,2-6H2,1H3/t9-,11-/m1/s1. The summed E-state index contributed by atoms with van der Waals surface area (Å²) in [6.45, 7) is 0. The first kappa shape index (κ1) is 33.2. The first-order chi connectivity index (χ1) is 16.1. The third-order valence-corrected chi connectivity index (χ3v) is 5.08. The van der Waals surface area contributed by atoms with Gasteiger partial charge < -0.3 is 4.90 Å². The number of likely N-dealkylation sites (N-methyl/N-ethyl adjacent to an activating group) is 1. The molecule has 0 saturated heterocycles. The lowest BCUT2D eigenvalue weighted by molar-refractivity contribution is -0.548. The predicted octanol–water partition coefficient (Wildman–Crippen LogP) is 6.65. The number of carbonyl (C=O) groups excluding carboxylic acids is 1. The molecule has 0 spiro atoms. The van der Waals surface area contributed by atoms with E-state index in [0.29, 0.717) is 13.5 Å². The molecule has 2 atom stereocenters. The SMILES string of the molecule is CN(C(=O)[C@@](F)(OC(F)(F)[C@](F)(OC(F)(F)C(F)(F)C(F)(F)F)C(F)(F)F)C(F)(F)F)C1CCCCC1. The third kappa shape index (κ3) is 5.95. The van der Waals surface area contributed by atoms with Crippen LogP contribution in [0.4, 0.5) is 74.6 Å². The van der Waals surface area contributed by atoms with Crippen molar-refractivity contribution >= 4 is 5.91 Å². The van der Waals surface area contributed by atoms with Crippen LogP contribution in [0.3, 0.4) is 0 Å². The lowest BCUT2D eigenvalue weighted by Crippen LogP contribution is -2.69. The maximum absolute atomic E-state index is 14.6. The van der Waals surface area contributed by atoms with Gasteiger partial charge in [-0.25, -0.2) is 0 Å². The van der Waals surface area contributed by atoms with Gasteiger partial charge in [-0.3, -0.25) is 14.3 Å². The van der Waals surface area contributed by atoms with Crippen molar-refractivity contribution in [1.82, 2.24) is 4.90 Å². The van der Waals surface area contributed by atoms with E-state index in [2.05, 4.69) is 4.74 Å².